The molecule has 0 unspecified atom stereocenters. The second-order valence-electron chi connectivity index (χ2n) is 9.33. The van der Waals surface area contributed by atoms with E-state index < -0.39 is 5.82 Å². The minimum Gasteiger partial charge on any atom is -0.383 e. The van der Waals surface area contributed by atoms with E-state index in [0.717, 1.165) is 43.0 Å². The maximum atomic E-state index is 14.7. The molecule has 6 rings (SSSR count). The number of nitrogen functional groups attached to an aromatic ring is 1. The molecule has 2 aliphatic rings. The van der Waals surface area contributed by atoms with Gasteiger partial charge < -0.3 is 10.6 Å². The van der Waals surface area contributed by atoms with Crippen LogP contribution in [0.25, 0.3) is 28.2 Å². The normalized spacial score (nSPS) is 17.2. The van der Waals surface area contributed by atoms with Gasteiger partial charge in [-0.05, 0) is 60.2 Å². The molecule has 0 spiro atoms. The first-order chi connectivity index (χ1) is 17.1. The number of nitrogens with two attached hydrogens (primary N) is 1. The number of rotatable bonds is 6. The summed E-state index contributed by atoms with van der Waals surface area (Å²) in [5.74, 6) is 0.817. The van der Waals surface area contributed by atoms with Gasteiger partial charge in [0.1, 0.15) is 11.5 Å². The van der Waals surface area contributed by atoms with Crippen molar-refractivity contribution in [3.05, 3.63) is 53.7 Å². The van der Waals surface area contributed by atoms with E-state index >= 15 is 0 Å². The van der Waals surface area contributed by atoms with Crippen molar-refractivity contribution in [2.45, 2.75) is 31.7 Å². The lowest BCUT2D eigenvalue weighted by atomic mass is 10.0. The Labute approximate surface area is 206 Å². The molecule has 35 heavy (non-hydrogen) atoms. The maximum Gasteiger partial charge on any atom is 0.190 e. The Balaban J connectivity index is 1.26. The molecule has 1 aliphatic heterocycles. The largest absolute Gasteiger partial charge is 0.383 e. The van der Waals surface area contributed by atoms with Crippen LogP contribution in [0.4, 0.5) is 10.2 Å². The number of hydrogen-bond acceptors (Lipinski definition) is 7. The van der Waals surface area contributed by atoms with Gasteiger partial charge in [0.15, 0.2) is 11.6 Å². The van der Waals surface area contributed by atoms with Gasteiger partial charge in [-0.2, -0.15) is 9.78 Å². The summed E-state index contributed by atoms with van der Waals surface area (Å²) in [6.45, 7) is 3.48. The van der Waals surface area contributed by atoms with Crippen LogP contribution in [0, 0.1) is 11.7 Å². The number of aromatic nitrogens is 7. The minimum atomic E-state index is -0.616. The van der Waals surface area contributed by atoms with Crippen molar-refractivity contribution in [1.29, 1.82) is 0 Å². The first-order valence-corrected chi connectivity index (χ1v) is 12.2. The smallest absolute Gasteiger partial charge is 0.190 e. The number of halogens is 2. The monoisotopic (exact) mass is 493 g/mol. The van der Waals surface area contributed by atoms with Crippen LogP contribution in [-0.4, -0.2) is 59.5 Å². The Kier molecular flexibility index (Phi) is 5.69. The Morgan fingerprint density at radius 1 is 1.09 bits per heavy atom. The van der Waals surface area contributed by atoms with Gasteiger partial charge in [0, 0.05) is 43.2 Å². The van der Waals surface area contributed by atoms with Gasteiger partial charge in [-0.3, -0.25) is 4.68 Å². The summed E-state index contributed by atoms with van der Waals surface area (Å²) >= 11 is 5.96. The van der Waals surface area contributed by atoms with Gasteiger partial charge in [-0.15, -0.1) is 5.10 Å². The molecule has 2 N–H and O–H groups in total. The summed E-state index contributed by atoms with van der Waals surface area (Å²) in [5.41, 5.74) is 8.55. The van der Waals surface area contributed by atoms with E-state index in [0.29, 0.717) is 11.6 Å². The van der Waals surface area contributed by atoms with Crippen LogP contribution in [0.5, 0.6) is 0 Å². The van der Waals surface area contributed by atoms with Crippen molar-refractivity contribution in [3.8, 4) is 28.2 Å². The Bertz CT molecular complexity index is 1350. The van der Waals surface area contributed by atoms with Crippen molar-refractivity contribution >= 4 is 17.4 Å². The molecule has 0 amide bonds. The number of hydrogen-bond donors (Lipinski definition) is 1. The van der Waals surface area contributed by atoms with E-state index in [2.05, 4.69) is 41.4 Å². The van der Waals surface area contributed by atoms with E-state index in [1.807, 2.05) is 12.3 Å². The SMILES string of the molecule is Nc1ncc(-c2cnn(C3CCN(CC4CC4)CC3)c2)cc1-c1nnnn1-c1cccc(Cl)c1F. The van der Waals surface area contributed by atoms with Gasteiger partial charge in [0.05, 0.1) is 22.8 Å². The highest BCUT2D eigenvalue weighted by molar-refractivity contribution is 6.30. The van der Waals surface area contributed by atoms with Crippen molar-refractivity contribution < 1.29 is 4.39 Å². The predicted molar refractivity (Wildman–Crippen MR) is 130 cm³/mol. The maximum absolute atomic E-state index is 14.7. The highest BCUT2D eigenvalue weighted by Gasteiger charge is 2.28. The molecule has 1 aliphatic carbocycles. The number of anilines is 1. The molecule has 1 saturated heterocycles. The van der Waals surface area contributed by atoms with Crippen molar-refractivity contribution in [3.63, 3.8) is 0 Å². The molecule has 3 aromatic heterocycles. The van der Waals surface area contributed by atoms with E-state index in [4.69, 9.17) is 17.3 Å². The average Bonchev–Trinajstić information content (AvgIpc) is 3.33. The first kappa shape index (κ1) is 22.1. The minimum absolute atomic E-state index is 0.0189. The molecule has 4 heterocycles. The number of piperidine rings is 1. The third-order valence-electron chi connectivity index (χ3n) is 6.87. The molecule has 11 heteroatoms. The molecule has 0 bridgehead atoms. The summed E-state index contributed by atoms with van der Waals surface area (Å²) < 4.78 is 18.0. The molecule has 9 nitrogen and oxygen atoms in total. The van der Waals surface area contributed by atoms with E-state index in [1.54, 1.807) is 18.3 Å². The predicted octanol–water partition coefficient (Wildman–Crippen LogP) is 4.01. The first-order valence-electron chi connectivity index (χ1n) is 11.8. The molecule has 4 aromatic rings. The van der Waals surface area contributed by atoms with Gasteiger partial charge in [-0.25, -0.2) is 9.37 Å². The zero-order chi connectivity index (χ0) is 23.9. The average molecular weight is 494 g/mol. The van der Waals surface area contributed by atoms with E-state index in [1.165, 1.54) is 30.1 Å². The summed E-state index contributed by atoms with van der Waals surface area (Å²) in [6.07, 6.45) is 10.6. The number of nitrogens with zero attached hydrogens (tertiary/aromatic N) is 8. The van der Waals surface area contributed by atoms with Gasteiger partial charge >= 0.3 is 0 Å². The highest BCUT2D eigenvalue weighted by Crippen LogP contribution is 2.33. The molecule has 2 fully saturated rings. The summed E-state index contributed by atoms with van der Waals surface area (Å²) in [4.78, 5) is 6.94. The Morgan fingerprint density at radius 2 is 1.91 bits per heavy atom. The second kappa shape index (κ2) is 9.01. The van der Waals surface area contributed by atoms with Crippen LogP contribution in [0.2, 0.25) is 5.02 Å². The molecule has 0 atom stereocenters. The fraction of sp³-hybridized carbons (Fsp3) is 0.375. The molecule has 180 valence electrons. The lowest BCUT2D eigenvalue weighted by Gasteiger charge is -2.32. The van der Waals surface area contributed by atoms with Crippen molar-refractivity contribution in [2.75, 3.05) is 25.4 Å². The lowest BCUT2D eigenvalue weighted by Crippen LogP contribution is -2.36. The van der Waals surface area contributed by atoms with Gasteiger partial charge in [0.2, 0.25) is 0 Å². The number of likely N-dealkylation sites (tertiary alicyclic amines) is 1. The highest BCUT2D eigenvalue weighted by atomic mass is 35.5. The number of pyridine rings is 1. The fourth-order valence-corrected chi connectivity index (χ4v) is 4.87. The molecule has 0 radical (unpaired) electrons. The van der Waals surface area contributed by atoms with Crippen LogP contribution >= 0.6 is 11.6 Å². The topological polar surface area (TPSA) is 104 Å². The lowest BCUT2D eigenvalue weighted by molar-refractivity contribution is 0.174. The third kappa shape index (κ3) is 4.39. The zero-order valence-corrected chi connectivity index (χ0v) is 19.8. The van der Waals surface area contributed by atoms with Crippen molar-refractivity contribution in [2.24, 2.45) is 5.92 Å². The van der Waals surface area contributed by atoms with E-state index in [9.17, 15) is 4.39 Å². The quantitative estimate of drug-likeness (QED) is 0.432. The second-order valence-corrected chi connectivity index (χ2v) is 9.74. The van der Waals surface area contributed by atoms with Crippen LogP contribution in [0.1, 0.15) is 31.7 Å². The van der Waals surface area contributed by atoms with Crippen LogP contribution in [0.3, 0.4) is 0 Å². The van der Waals surface area contributed by atoms with Crippen LogP contribution in [0.15, 0.2) is 42.9 Å². The fourth-order valence-electron chi connectivity index (χ4n) is 4.70. The zero-order valence-electron chi connectivity index (χ0n) is 19.1. The number of benzene rings is 1. The third-order valence-corrected chi connectivity index (χ3v) is 7.16. The number of tetrazole rings is 1. The van der Waals surface area contributed by atoms with Crippen LogP contribution < -0.4 is 5.73 Å². The van der Waals surface area contributed by atoms with Crippen LogP contribution in [-0.2, 0) is 0 Å². The summed E-state index contributed by atoms with van der Waals surface area (Å²) in [7, 11) is 0. The van der Waals surface area contributed by atoms with Crippen molar-refractivity contribution in [1.82, 2.24) is 39.9 Å². The van der Waals surface area contributed by atoms with E-state index in [-0.39, 0.29) is 22.4 Å². The Hall–Kier alpha value is -3.37. The van der Waals surface area contributed by atoms with Gasteiger partial charge in [-0.1, -0.05) is 17.7 Å². The molecule has 1 aromatic carbocycles. The summed E-state index contributed by atoms with van der Waals surface area (Å²) in [6, 6.07) is 6.89. The summed E-state index contributed by atoms with van der Waals surface area (Å²) in [5, 5.41) is 16.4. The molecular weight excluding hydrogens is 469 g/mol. The Morgan fingerprint density at radius 3 is 2.71 bits per heavy atom. The molecule has 1 saturated carbocycles. The van der Waals surface area contributed by atoms with Gasteiger partial charge in [0.25, 0.3) is 0 Å². The standard InChI is InChI=1S/C24H25ClFN9/c25-20-2-1-3-21(22(20)26)35-24(30-31-32-35)19-10-16(11-28-23(19)27)17-12-29-34(14-17)18-6-8-33(9-7-18)13-15-4-5-15/h1-3,10-12,14-15,18H,4-9,13H2,(H2,27,28). The molecular formula is C24H25ClFN9.